The third-order valence-corrected chi connectivity index (χ3v) is 1.72. The average molecular weight is 188 g/mol. The van der Waals surface area contributed by atoms with Crippen molar-refractivity contribution in [2.75, 3.05) is 13.1 Å². The first-order chi connectivity index (χ1) is 5.92. The lowest BCUT2D eigenvalue weighted by atomic mass is 10.1. The van der Waals surface area contributed by atoms with E-state index < -0.39 is 5.60 Å². The summed E-state index contributed by atoms with van der Waals surface area (Å²) >= 11 is 0. The Morgan fingerprint density at radius 1 is 1.54 bits per heavy atom. The van der Waals surface area contributed by atoms with E-state index in [-0.39, 0.29) is 12.1 Å². The fraction of sp³-hybridized carbons (Fsp3) is 0.875. The van der Waals surface area contributed by atoms with Crippen LogP contribution in [0.5, 0.6) is 0 Å². The molecular formula is C8H16N2O3. The zero-order valence-corrected chi connectivity index (χ0v) is 8.20. The van der Waals surface area contributed by atoms with Gasteiger partial charge >= 0.3 is 6.09 Å². The van der Waals surface area contributed by atoms with Crippen molar-refractivity contribution in [3.05, 3.63) is 0 Å². The molecule has 0 saturated carbocycles. The summed E-state index contributed by atoms with van der Waals surface area (Å²) in [4.78, 5) is 12.8. The van der Waals surface area contributed by atoms with Gasteiger partial charge in [0.25, 0.3) is 0 Å². The molecule has 0 aromatic rings. The first kappa shape index (κ1) is 10.3. The van der Waals surface area contributed by atoms with Gasteiger partial charge in [-0.2, -0.15) is 5.48 Å². The number of ether oxygens (including phenoxy) is 1. The second-order valence-corrected chi connectivity index (χ2v) is 4.21. The largest absolute Gasteiger partial charge is 0.444 e. The van der Waals surface area contributed by atoms with E-state index in [1.165, 1.54) is 0 Å². The van der Waals surface area contributed by atoms with Crippen LogP contribution in [0.4, 0.5) is 4.79 Å². The lowest BCUT2D eigenvalue weighted by Crippen LogP contribution is -2.59. The molecule has 1 amide bonds. The van der Waals surface area contributed by atoms with Crippen molar-refractivity contribution >= 4 is 6.09 Å². The number of nitrogens with zero attached hydrogens (tertiary/aromatic N) is 1. The molecule has 1 heterocycles. The highest BCUT2D eigenvalue weighted by Gasteiger charge is 2.33. The summed E-state index contributed by atoms with van der Waals surface area (Å²) in [6, 6.07) is -0.00693. The van der Waals surface area contributed by atoms with E-state index in [0.29, 0.717) is 13.1 Å². The maximum atomic E-state index is 11.3. The Balaban J connectivity index is 2.27. The van der Waals surface area contributed by atoms with Gasteiger partial charge in [-0.25, -0.2) is 4.79 Å². The van der Waals surface area contributed by atoms with Gasteiger partial charge in [-0.15, -0.1) is 0 Å². The van der Waals surface area contributed by atoms with Crippen molar-refractivity contribution in [2.45, 2.75) is 32.4 Å². The minimum atomic E-state index is -0.450. The molecule has 0 aliphatic carbocycles. The van der Waals surface area contributed by atoms with Crippen LogP contribution in [0.15, 0.2) is 0 Å². The molecule has 13 heavy (non-hydrogen) atoms. The van der Waals surface area contributed by atoms with E-state index in [1.54, 1.807) is 4.90 Å². The van der Waals surface area contributed by atoms with Gasteiger partial charge < -0.3 is 14.8 Å². The molecule has 0 aromatic heterocycles. The molecule has 1 aliphatic rings. The molecule has 2 N–H and O–H groups in total. The molecule has 0 atom stereocenters. The minimum Gasteiger partial charge on any atom is -0.444 e. The number of carbonyl (C=O) groups excluding carboxylic acids is 1. The third-order valence-electron chi connectivity index (χ3n) is 1.72. The van der Waals surface area contributed by atoms with Gasteiger partial charge in [-0.3, -0.25) is 0 Å². The van der Waals surface area contributed by atoms with Gasteiger partial charge in [0.1, 0.15) is 5.60 Å². The molecule has 0 radical (unpaired) electrons. The average Bonchev–Trinajstić information content (AvgIpc) is 1.79. The van der Waals surface area contributed by atoms with Crippen LogP contribution >= 0.6 is 0 Å². The van der Waals surface area contributed by atoms with Crippen molar-refractivity contribution in [1.82, 2.24) is 10.4 Å². The normalized spacial score (nSPS) is 18.3. The second kappa shape index (κ2) is 3.51. The summed E-state index contributed by atoms with van der Waals surface area (Å²) in [6.45, 7) is 6.49. The molecule has 5 nitrogen and oxygen atoms in total. The molecule has 76 valence electrons. The van der Waals surface area contributed by atoms with Crippen LogP contribution in [0.3, 0.4) is 0 Å². The van der Waals surface area contributed by atoms with Gasteiger partial charge in [0.15, 0.2) is 0 Å². The number of hydroxylamine groups is 1. The van der Waals surface area contributed by atoms with Crippen LogP contribution in [0.25, 0.3) is 0 Å². The number of likely N-dealkylation sites (tertiary alicyclic amines) is 1. The number of hydrogen-bond acceptors (Lipinski definition) is 4. The van der Waals surface area contributed by atoms with Crippen LogP contribution in [0.2, 0.25) is 0 Å². The minimum absolute atomic E-state index is 0.00693. The molecule has 0 unspecified atom stereocenters. The molecule has 1 rings (SSSR count). The highest BCUT2D eigenvalue weighted by atomic mass is 16.6. The SMILES string of the molecule is CC(C)(C)OC(=O)N1CC(NO)C1. The summed E-state index contributed by atoms with van der Waals surface area (Å²) in [5, 5.41) is 8.49. The Bertz CT molecular complexity index is 194. The zero-order valence-electron chi connectivity index (χ0n) is 8.20. The summed E-state index contributed by atoms with van der Waals surface area (Å²) in [5.41, 5.74) is 1.65. The van der Waals surface area contributed by atoms with Gasteiger partial charge in [0, 0.05) is 13.1 Å². The third kappa shape index (κ3) is 2.86. The molecule has 1 saturated heterocycles. The van der Waals surface area contributed by atoms with Gasteiger partial charge in [0.05, 0.1) is 6.04 Å². The van der Waals surface area contributed by atoms with Crippen molar-refractivity contribution in [3.8, 4) is 0 Å². The molecule has 1 fully saturated rings. The van der Waals surface area contributed by atoms with Gasteiger partial charge in [-0.1, -0.05) is 0 Å². The summed E-state index contributed by atoms with van der Waals surface area (Å²) in [7, 11) is 0. The van der Waals surface area contributed by atoms with Crippen molar-refractivity contribution < 1.29 is 14.7 Å². The number of rotatable bonds is 1. The zero-order chi connectivity index (χ0) is 10.1. The second-order valence-electron chi connectivity index (χ2n) is 4.21. The Morgan fingerprint density at radius 3 is 2.46 bits per heavy atom. The fourth-order valence-corrected chi connectivity index (χ4v) is 1.04. The van der Waals surface area contributed by atoms with E-state index in [4.69, 9.17) is 9.94 Å². The molecule has 0 bridgehead atoms. The Labute approximate surface area is 77.6 Å². The topological polar surface area (TPSA) is 61.8 Å². The maximum Gasteiger partial charge on any atom is 0.410 e. The lowest BCUT2D eigenvalue weighted by molar-refractivity contribution is -0.0143. The van der Waals surface area contributed by atoms with E-state index in [1.807, 2.05) is 20.8 Å². The maximum absolute atomic E-state index is 11.3. The Hall–Kier alpha value is -0.810. The number of hydrogen-bond donors (Lipinski definition) is 2. The standard InChI is InChI=1S/C8H16N2O3/c1-8(2,3)13-7(11)10-4-6(5-10)9-12/h6,9,12H,4-5H2,1-3H3. The van der Waals surface area contributed by atoms with E-state index >= 15 is 0 Å². The molecule has 0 spiro atoms. The highest BCUT2D eigenvalue weighted by molar-refractivity contribution is 5.69. The first-order valence-corrected chi connectivity index (χ1v) is 4.30. The number of carbonyl (C=O) groups is 1. The molecular weight excluding hydrogens is 172 g/mol. The van der Waals surface area contributed by atoms with Crippen molar-refractivity contribution in [2.24, 2.45) is 0 Å². The molecule has 0 aromatic carbocycles. The van der Waals surface area contributed by atoms with Crippen molar-refractivity contribution in [3.63, 3.8) is 0 Å². The molecule has 5 heteroatoms. The lowest BCUT2D eigenvalue weighted by Gasteiger charge is -2.38. The number of nitrogens with one attached hydrogen (secondary N) is 1. The quantitative estimate of drug-likeness (QED) is 0.591. The smallest absolute Gasteiger partial charge is 0.410 e. The van der Waals surface area contributed by atoms with Gasteiger partial charge in [-0.05, 0) is 20.8 Å². The first-order valence-electron chi connectivity index (χ1n) is 4.30. The van der Waals surface area contributed by atoms with Crippen molar-refractivity contribution in [1.29, 1.82) is 0 Å². The van der Waals surface area contributed by atoms with Crippen LogP contribution in [-0.2, 0) is 4.74 Å². The number of amides is 1. The van der Waals surface area contributed by atoms with Crippen LogP contribution < -0.4 is 5.48 Å². The fourth-order valence-electron chi connectivity index (χ4n) is 1.04. The van der Waals surface area contributed by atoms with Gasteiger partial charge in [0.2, 0.25) is 0 Å². The van der Waals surface area contributed by atoms with E-state index in [0.717, 1.165) is 0 Å². The molecule has 1 aliphatic heterocycles. The Kier molecular flexibility index (Phi) is 2.77. The summed E-state index contributed by atoms with van der Waals surface area (Å²) < 4.78 is 5.11. The van der Waals surface area contributed by atoms with E-state index in [9.17, 15) is 4.79 Å². The predicted octanol–water partition coefficient (Wildman–Crippen LogP) is 0.584. The predicted molar refractivity (Wildman–Crippen MR) is 46.5 cm³/mol. The van der Waals surface area contributed by atoms with Crippen LogP contribution in [0.1, 0.15) is 20.8 Å². The summed E-state index contributed by atoms with van der Waals surface area (Å²) in [6.07, 6.45) is -0.320. The van der Waals surface area contributed by atoms with E-state index in [2.05, 4.69) is 5.48 Å². The highest BCUT2D eigenvalue weighted by Crippen LogP contribution is 2.14. The summed E-state index contributed by atoms with van der Waals surface area (Å²) in [5.74, 6) is 0. The monoisotopic (exact) mass is 188 g/mol. The van der Waals surface area contributed by atoms with Crippen LogP contribution in [0, 0.1) is 0 Å². The Morgan fingerprint density at radius 2 is 2.08 bits per heavy atom. The van der Waals surface area contributed by atoms with Crippen LogP contribution in [-0.4, -0.2) is 40.9 Å².